The standard InChI is InChI=1S/C38H38FN7O3/c1-24-21-40-37(42-31-15-10-16-33(31)45(20-19-39)38(47)48-23-27-11-6-4-7-12-27)43-35(24)30-22-46(28-13-8-5-9-14-28)36-29(30)17-18-32(41-36)34-25(2)44-49-26(34)3/h4-9,11-14,17-18,21-22,31,33H,10,15-16,19-20,23H2,1-3H3,(H,40,42,43)/t31-,33-/m0/s1. The summed E-state index contributed by atoms with van der Waals surface area (Å²) in [6.45, 7) is 5.21. The van der Waals surface area contributed by atoms with Gasteiger partial charge in [0.1, 0.15) is 24.7 Å². The SMILES string of the molecule is Cc1cnc(N[C@H]2CCC[C@@H]2N(CCF)C(=O)OCc2ccccc2)nc1-c1cn(-c2ccccc2)c2nc(-c3c(C)noc3C)ccc12. The van der Waals surface area contributed by atoms with Crippen molar-refractivity contribution in [3.8, 4) is 28.2 Å². The molecule has 1 saturated carbocycles. The molecule has 6 aromatic rings. The van der Waals surface area contributed by atoms with E-state index >= 15 is 0 Å². The van der Waals surface area contributed by atoms with E-state index in [9.17, 15) is 9.18 Å². The Labute approximate surface area is 284 Å². The first-order valence-corrected chi connectivity index (χ1v) is 16.6. The molecule has 1 N–H and O–H groups in total. The number of carbonyl (C=O) groups excluding carboxylic acids is 1. The molecule has 0 saturated heterocycles. The molecule has 1 fully saturated rings. The number of hydrogen-bond acceptors (Lipinski definition) is 8. The monoisotopic (exact) mass is 659 g/mol. The fraction of sp³-hybridized carbons (Fsp3) is 0.289. The van der Waals surface area contributed by atoms with Gasteiger partial charge in [0.05, 0.1) is 35.2 Å². The molecule has 2 aromatic carbocycles. The van der Waals surface area contributed by atoms with Crippen LogP contribution in [-0.2, 0) is 11.3 Å². The van der Waals surface area contributed by atoms with E-state index in [-0.39, 0.29) is 25.2 Å². The van der Waals surface area contributed by atoms with E-state index in [0.717, 1.165) is 75.3 Å². The van der Waals surface area contributed by atoms with E-state index in [0.29, 0.717) is 11.7 Å². The summed E-state index contributed by atoms with van der Waals surface area (Å²) in [5.41, 5.74) is 7.63. The lowest BCUT2D eigenvalue weighted by Gasteiger charge is -2.32. The van der Waals surface area contributed by atoms with Gasteiger partial charge in [0.2, 0.25) is 5.95 Å². The zero-order valence-corrected chi connectivity index (χ0v) is 27.8. The number of pyridine rings is 1. The van der Waals surface area contributed by atoms with Crippen LogP contribution < -0.4 is 5.32 Å². The zero-order chi connectivity index (χ0) is 33.9. The third kappa shape index (κ3) is 6.48. The molecule has 1 aliphatic rings. The normalized spacial score (nSPS) is 15.8. The molecule has 11 heteroatoms. The van der Waals surface area contributed by atoms with Crippen molar-refractivity contribution in [1.82, 2.24) is 29.6 Å². The summed E-state index contributed by atoms with van der Waals surface area (Å²) in [7, 11) is 0. The second-order valence-corrected chi connectivity index (χ2v) is 12.4. The van der Waals surface area contributed by atoms with Crippen LogP contribution in [0.1, 0.15) is 41.8 Å². The van der Waals surface area contributed by atoms with Crippen molar-refractivity contribution in [3.05, 3.63) is 108 Å². The average Bonchev–Trinajstić information content (AvgIpc) is 3.84. The van der Waals surface area contributed by atoms with Crippen molar-refractivity contribution in [2.75, 3.05) is 18.5 Å². The lowest BCUT2D eigenvalue weighted by molar-refractivity contribution is 0.0764. The number of rotatable bonds is 10. The molecule has 1 aliphatic carbocycles. The van der Waals surface area contributed by atoms with E-state index in [4.69, 9.17) is 19.2 Å². The molecule has 0 unspecified atom stereocenters. The third-order valence-electron chi connectivity index (χ3n) is 9.16. The van der Waals surface area contributed by atoms with Crippen LogP contribution in [0.3, 0.4) is 0 Å². The zero-order valence-electron chi connectivity index (χ0n) is 27.8. The minimum absolute atomic E-state index is 0.0433. The molecular weight excluding hydrogens is 621 g/mol. The molecule has 250 valence electrons. The Morgan fingerprint density at radius 2 is 1.80 bits per heavy atom. The van der Waals surface area contributed by atoms with Gasteiger partial charge in [0.25, 0.3) is 0 Å². The highest BCUT2D eigenvalue weighted by molar-refractivity contribution is 5.96. The number of hydrogen-bond donors (Lipinski definition) is 1. The number of ether oxygens (including phenoxy) is 1. The number of carbonyl (C=O) groups is 1. The number of aromatic nitrogens is 5. The first kappa shape index (κ1) is 32.0. The largest absolute Gasteiger partial charge is 0.445 e. The number of anilines is 1. The van der Waals surface area contributed by atoms with Gasteiger partial charge in [-0.1, -0.05) is 53.7 Å². The number of benzene rings is 2. The van der Waals surface area contributed by atoms with E-state index in [1.807, 2.05) is 87.5 Å². The lowest BCUT2D eigenvalue weighted by atomic mass is 10.1. The second-order valence-electron chi connectivity index (χ2n) is 12.4. The number of nitrogens with zero attached hydrogens (tertiary/aromatic N) is 6. The third-order valence-corrected chi connectivity index (χ3v) is 9.16. The van der Waals surface area contributed by atoms with Crippen molar-refractivity contribution in [3.63, 3.8) is 0 Å². The smallest absolute Gasteiger partial charge is 0.410 e. The molecular formula is C38H38FN7O3. The van der Waals surface area contributed by atoms with Gasteiger partial charge in [0, 0.05) is 35.1 Å². The fourth-order valence-corrected chi connectivity index (χ4v) is 6.78. The van der Waals surface area contributed by atoms with E-state index in [1.165, 1.54) is 4.90 Å². The average molecular weight is 660 g/mol. The number of halogens is 1. The van der Waals surface area contributed by atoms with Gasteiger partial charge in [-0.2, -0.15) is 0 Å². The summed E-state index contributed by atoms with van der Waals surface area (Å²) in [5, 5.41) is 8.55. The summed E-state index contributed by atoms with van der Waals surface area (Å²) in [4.78, 5) is 29.5. The summed E-state index contributed by atoms with van der Waals surface area (Å²) in [6, 6.07) is 23.2. The van der Waals surface area contributed by atoms with Crippen molar-refractivity contribution < 1.29 is 18.4 Å². The quantitative estimate of drug-likeness (QED) is 0.158. The minimum atomic E-state index is -0.660. The Morgan fingerprint density at radius 3 is 2.53 bits per heavy atom. The molecule has 1 amide bonds. The predicted molar refractivity (Wildman–Crippen MR) is 186 cm³/mol. The van der Waals surface area contributed by atoms with Crippen LogP contribution in [0.15, 0.2) is 89.7 Å². The number of alkyl halides is 1. The van der Waals surface area contributed by atoms with Gasteiger partial charge in [-0.05, 0) is 75.4 Å². The maximum atomic E-state index is 13.7. The van der Waals surface area contributed by atoms with Crippen molar-refractivity contribution in [1.29, 1.82) is 0 Å². The Balaban J connectivity index is 1.20. The van der Waals surface area contributed by atoms with Crippen LogP contribution >= 0.6 is 0 Å². The van der Waals surface area contributed by atoms with E-state index < -0.39 is 12.8 Å². The number of nitrogens with one attached hydrogen (secondary N) is 1. The van der Waals surface area contributed by atoms with Crippen LogP contribution in [0.5, 0.6) is 0 Å². The molecule has 2 atom stereocenters. The van der Waals surface area contributed by atoms with Gasteiger partial charge >= 0.3 is 6.09 Å². The van der Waals surface area contributed by atoms with Crippen molar-refractivity contribution >= 4 is 23.1 Å². The molecule has 4 heterocycles. The lowest BCUT2D eigenvalue weighted by Crippen LogP contribution is -2.48. The molecule has 0 radical (unpaired) electrons. The van der Waals surface area contributed by atoms with Gasteiger partial charge in [-0.25, -0.2) is 24.1 Å². The van der Waals surface area contributed by atoms with Crippen LogP contribution in [-0.4, -0.2) is 61.0 Å². The summed E-state index contributed by atoms with van der Waals surface area (Å²) in [6.07, 6.45) is 5.73. The number of aryl methyl sites for hydroxylation is 3. The van der Waals surface area contributed by atoms with Crippen LogP contribution in [0, 0.1) is 20.8 Å². The Hall–Kier alpha value is -5.58. The topological polar surface area (TPSA) is 111 Å². The van der Waals surface area contributed by atoms with Gasteiger partial charge < -0.3 is 24.0 Å². The minimum Gasteiger partial charge on any atom is -0.445 e. The first-order valence-electron chi connectivity index (χ1n) is 16.6. The Kier molecular flexibility index (Phi) is 9.06. The van der Waals surface area contributed by atoms with Crippen molar-refractivity contribution in [2.45, 2.75) is 58.7 Å². The summed E-state index contributed by atoms with van der Waals surface area (Å²) in [5.74, 6) is 1.15. The van der Waals surface area contributed by atoms with Crippen molar-refractivity contribution in [2.24, 2.45) is 0 Å². The van der Waals surface area contributed by atoms with E-state index in [1.54, 1.807) is 6.20 Å². The summed E-state index contributed by atoms with van der Waals surface area (Å²) >= 11 is 0. The predicted octanol–water partition coefficient (Wildman–Crippen LogP) is 8.00. The van der Waals surface area contributed by atoms with E-state index in [2.05, 4.69) is 32.3 Å². The Bertz CT molecular complexity index is 2060. The highest BCUT2D eigenvalue weighted by Crippen LogP contribution is 2.36. The molecule has 0 bridgehead atoms. The molecule has 4 aromatic heterocycles. The van der Waals surface area contributed by atoms with Crippen LogP contribution in [0.4, 0.5) is 15.1 Å². The molecule has 7 rings (SSSR count). The number of para-hydroxylation sites is 1. The number of amides is 1. The Morgan fingerprint density at radius 1 is 1.02 bits per heavy atom. The maximum absolute atomic E-state index is 13.7. The molecule has 10 nitrogen and oxygen atoms in total. The maximum Gasteiger partial charge on any atom is 0.410 e. The van der Waals surface area contributed by atoms with Crippen LogP contribution in [0.2, 0.25) is 0 Å². The van der Waals surface area contributed by atoms with Gasteiger partial charge in [0.15, 0.2) is 0 Å². The number of fused-ring (bicyclic) bond motifs is 1. The molecule has 49 heavy (non-hydrogen) atoms. The first-order chi connectivity index (χ1) is 23.9. The summed E-state index contributed by atoms with van der Waals surface area (Å²) < 4.78 is 26.9. The fourth-order valence-electron chi connectivity index (χ4n) is 6.78. The highest BCUT2D eigenvalue weighted by Gasteiger charge is 2.36. The van der Waals surface area contributed by atoms with Gasteiger partial charge in [-0.15, -0.1) is 0 Å². The highest BCUT2D eigenvalue weighted by atomic mass is 19.1. The molecule has 0 spiro atoms. The van der Waals surface area contributed by atoms with Gasteiger partial charge in [-0.3, -0.25) is 0 Å². The molecule has 0 aliphatic heterocycles. The second kappa shape index (κ2) is 13.9. The van der Waals surface area contributed by atoms with Crippen LogP contribution in [0.25, 0.3) is 39.2 Å².